The van der Waals surface area contributed by atoms with Crippen molar-refractivity contribution in [2.75, 3.05) is 19.9 Å². The molecule has 0 radical (unpaired) electrons. The van der Waals surface area contributed by atoms with Crippen molar-refractivity contribution < 1.29 is 19.4 Å². The van der Waals surface area contributed by atoms with E-state index >= 15 is 0 Å². The maximum absolute atomic E-state index is 12.3. The summed E-state index contributed by atoms with van der Waals surface area (Å²) in [5, 5.41) is 11.7. The summed E-state index contributed by atoms with van der Waals surface area (Å²) in [4.78, 5) is 27.3. The van der Waals surface area contributed by atoms with E-state index in [-0.39, 0.29) is 23.8 Å². The number of benzene rings is 3. The van der Waals surface area contributed by atoms with Gasteiger partial charge in [0.1, 0.15) is 11.3 Å². The lowest BCUT2D eigenvalue weighted by Crippen LogP contribution is -2.30. The smallest absolute Gasteiger partial charge is 0.342 e. The molecule has 0 saturated carbocycles. The summed E-state index contributed by atoms with van der Waals surface area (Å²) in [6, 6.07) is 18.4. The van der Waals surface area contributed by atoms with Gasteiger partial charge in [0.05, 0.1) is 0 Å². The third kappa shape index (κ3) is 4.64. The average molecular weight is 395 g/mol. The van der Waals surface area contributed by atoms with Crippen LogP contribution in [0, 0.1) is 0 Å². The van der Waals surface area contributed by atoms with Crippen LogP contribution in [0.4, 0.5) is 0 Å². The lowest BCUT2D eigenvalue weighted by atomic mass is 10.1. The molecule has 5 nitrogen and oxygen atoms in total. The van der Waals surface area contributed by atoms with Gasteiger partial charge >= 0.3 is 5.97 Å². The fourth-order valence-corrected chi connectivity index (χ4v) is 3.21. The molecule has 0 aliphatic heterocycles. The highest BCUT2D eigenvalue weighted by molar-refractivity contribution is 7.98. The minimum absolute atomic E-state index is 0.0433. The van der Waals surface area contributed by atoms with Crippen LogP contribution in [0.25, 0.3) is 10.8 Å². The van der Waals surface area contributed by atoms with E-state index in [9.17, 15) is 14.7 Å². The number of hydrogen-bond acceptors (Lipinski definition) is 5. The van der Waals surface area contributed by atoms with Gasteiger partial charge in [0.15, 0.2) is 6.61 Å². The minimum atomic E-state index is -0.727. The molecule has 0 heterocycles. The Hall–Kier alpha value is -2.99. The Kier molecular flexibility index (Phi) is 6.21. The zero-order valence-electron chi connectivity index (χ0n) is 15.7. The number of carbonyl (C=O) groups is 2. The van der Waals surface area contributed by atoms with Gasteiger partial charge < -0.3 is 14.7 Å². The first-order chi connectivity index (χ1) is 13.5. The van der Waals surface area contributed by atoms with Crippen molar-refractivity contribution >= 4 is 34.4 Å². The number of hydrogen-bond donors (Lipinski definition) is 1. The third-order valence-corrected chi connectivity index (χ3v) is 5.16. The number of thioether (sulfide) groups is 1. The number of fused-ring (bicyclic) bond motifs is 1. The van der Waals surface area contributed by atoms with E-state index in [1.54, 1.807) is 24.9 Å². The number of ether oxygens (including phenoxy) is 1. The van der Waals surface area contributed by atoms with Crippen molar-refractivity contribution in [3.8, 4) is 5.75 Å². The summed E-state index contributed by atoms with van der Waals surface area (Å²) in [5.41, 5.74) is 1.04. The quantitative estimate of drug-likeness (QED) is 0.503. The molecule has 0 unspecified atom stereocenters. The van der Waals surface area contributed by atoms with Gasteiger partial charge in [0.25, 0.3) is 5.91 Å². The van der Waals surface area contributed by atoms with Crippen LogP contribution in [-0.2, 0) is 16.1 Å². The number of carbonyl (C=O) groups excluding carboxylic acids is 2. The highest BCUT2D eigenvalue weighted by Gasteiger charge is 2.17. The standard InChI is InChI=1S/C22H21NO4S/c1-23(13-15-7-9-18(28-2)10-8-15)21(25)14-27-22(26)19-11-16-5-3-4-6-17(16)12-20(19)24/h3-12,24H,13-14H2,1-2H3. The SMILES string of the molecule is CSc1ccc(CN(C)C(=O)COC(=O)c2cc3ccccc3cc2O)cc1. The molecule has 0 atom stereocenters. The molecule has 1 N–H and O–H groups in total. The maximum Gasteiger partial charge on any atom is 0.342 e. The van der Waals surface area contributed by atoms with Crippen LogP contribution in [0.5, 0.6) is 5.75 Å². The van der Waals surface area contributed by atoms with Gasteiger partial charge in [0, 0.05) is 18.5 Å². The Morgan fingerprint density at radius 2 is 1.68 bits per heavy atom. The number of esters is 1. The van der Waals surface area contributed by atoms with Crippen LogP contribution in [0.3, 0.4) is 0 Å². The molecular formula is C22H21NO4S. The van der Waals surface area contributed by atoms with Crippen molar-refractivity contribution in [2.45, 2.75) is 11.4 Å². The molecule has 0 aliphatic carbocycles. The first-order valence-corrected chi connectivity index (χ1v) is 9.96. The Labute approximate surface area is 167 Å². The molecule has 0 spiro atoms. The second kappa shape index (κ2) is 8.80. The van der Waals surface area contributed by atoms with E-state index in [2.05, 4.69) is 0 Å². The summed E-state index contributed by atoms with van der Waals surface area (Å²) in [5.74, 6) is -1.21. The van der Waals surface area contributed by atoms with Crippen LogP contribution in [-0.4, -0.2) is 41.8 Å². The highest BCUT2D eigenvalue weighted by Crippen LogP contribution is 2.25. The lowest BCUT2D eigenvalue weighted by molar-refractivity contribution is -0.133. The lowest BCUT2D eigenvalue weighted by Gasteiger charge is -2.17. The summed E-state index contributed by atoms with van der Waals surface area (Å²) in [7, 11) is 1.66. The first kappa shape index (κ1) is 19.8. The van der Waals surface area contributed by atoms with Crippen LogP contribution in [0.1, 0.15) is 15.9 Å². The van der Waals surface area contributed by atoms with Gasteiger partial charge in [-0.05, 0) is 46.9 Å². The summed E-state index contributed by atoms with van der Waals surface area (Å²) in [6.07, 6.45) is 2.01. The van der Waals surface area contributed by atoms with Crippen LogP contribution >= 0.6 is 11.8 Å². The Morgan fingerprint density at radius 1 is 1.04 bits per heavy atom. The van der Waals surface area contributed by atoms with Crippen molar-refractivity contribution in [3.05, 3.63) is 71.8 Å². The molecule has 3 aromatic carbocycles. The second-order valence-electron chi connectivity index (χ2n) is 6.39. The molecule has 6 heteroatoms. The van der Waals surface area contributed by atoms with Crippen LogP contribution < -0.4 is 0 Å². The molecule has 0 bridgehead atoms. The molecule has 3 rings (SSSR count). The molecule has 3 aromatic rings. The fourth-order valence-electron chi connectivity index (χ4n) is 2.80. The number of phenolic OH excluding ortho intramolecular Hbond substituents is 1. The fraction of sp³-hybridized carbons (Fsp3) is 0.182. The number of aromatic hydroxyl groups is 1. The van der Waals surface area contributed by atoms with Gasteiger partial charge in [-0.1, -0.05) is 36.4 Å². The van der Waals surface area contributed by atoms with Crippen molar-refractivity contribution in [2.24, 2.45) is 0 Å². The van der Waals surface area contributed by atoms with Crippen molar-refractivity contribution in [3.63, 3.8) is 0 Å². The summed E-state index contributed by atoms with van der Waals surface area (Å²) < 4.78 is 5.12. The number of likely N-dealkylation sites (N-methyl/N-ethyl adjacent to an activating group) is 1. The highest BCUT2D eigenvalue weighted by atomic mass is 32.2. The molecule has 0 aliphatic rings. The number of amides is 1. The van der Waals surface area contributed by atoms with E-state index in [1.807, 2.05) is 54.8 Å². The minimum Gasteiger partial charge on any atom is -0.507 e. The van der Waals surface area contributed by atoms with Gasteiger partial charge in [-0.25, -0.2) is 4.79 Å². The number of phenols is 1. The molecule has 0 aromatic heterocycles. The Balaban J connectivity index is 1.60. The third-order valence-electron chi connectivity index (χ3n) is 4.42. The normalized spacial score (nSPS) is 10.6. The molecule has 1 amide bonds. The van der Waals surface area contributed by atoms with Crippen molar-refractivity contribution in [1.82, 2.24) is 4.90 Å². The van der Waals surface area contributed by atoms with E-state index in [0.29, 0.717) is 6.54 Å². The van der Waals surface area contributed by atoms with Gasteiger partial charge in [-0.3, -0.25) is 4.79 Å². The predicted molar refractivity (Wildman–Crippen MR) is 111 cm³/mol. The Morgan fingerprint density at radius 3 is 2.32 bits per heavy atom. The maximum atomic E-state index is 12.3. The van der Waals surface area contributed by atoms with Gasteiger partial charge in [0.2, 0.25) is 0 Å². The zero-order valence-corrected chi connectivity index (χ0v) is 16.5. The predicted octanol–water partition coefficient (Wildman–Crippen LogP) is 4.08. The molecule has 0 fully saturated rings. The summed E-state index contributed by atoms with van der Waals surface area (Å²) in [6.45, 7) is 0.0385. The Bertz CT molecular complexity index is 1000. The number of nitrogens with zero attached hydrogens (tertiary/aromatic N) is 1. The largest absolute Gasteiger partial charge is 0.507 e. The monoisotopic (exact) mass is 395 g/mol. The second-order valence-corrected chi connectivity index (χ2v) is 7.27. The van der Waals surface area contributed by atoms with Gasteiger partial charge in [-0.15, -0.1) is 11.8 Å². The van der Waals surface area contributed by atoms with E-state index in [0.717, 1.165) is 21.2 Å². The van der Waals surface area contributed by atoms with E-state index in [4.69, 9.17) is 4.74 Å². The first-order valence-electron chi connectivity index (χ1n) is 8.73. The van der Waals surface area contributed by atoms with E-state index < -0.39 is 5.97 Å². The van der Waals surface area contributed by atoms with Crippen LogP contribution in [0.15, 0.2) is 65.6 Å². The van der Waals surface area contributed by atoms with E-state index in [1.165, 1.54) is 11.0 Å². The topological polar surface area (TPSA) is 66.8 Å². The average Bonchev–Trinajstić information content (AvgIpc) is 2.71. The molecule has 28 heavy (non-hydrogen) atoms. The molecule has 0 saturated heterocycles. The molecular weight excluding hydrogens is 374 g/mol. The number of rotatable bonds is 6. The van der Waals surface area contributed by atoms with Crippen molar-refractivity contribution in [1.29, 1.82) is 0 Å². The molecule has 144 valence electrons. The summed E-state index contributed by atoms with van der Waals surface area (Å²) >= 11 is 1.66. The zero-order chi connectivity index (χ0) is 20.1. The van der Waals surface area contributed by atoms with Gasteiger partial charge in [-0.2, -0.15) is 0 Å². The van der Waals surface area contributed by atoms with Crippen LogP contribution in [0.2, 0.25) is 0 Å².